The highest BCUT2D eigenvalue weighted by atomic mass is 16.5. The van der Waals surface area contributed by atoms with E-state index < -0.39 is 0 Å². The van der Waals surface area contributed by atoms with E-state index in [1.165, 1.54) is 77.0 Å². The van der Waals surface area contributed by atoms with Gasteiger partial charge in [0.2, 0.25) is 0 Å². The van der Waals surface area contributed by atoms with E-state index in [2.05, 4.69) is 20.8 Å². The van der Waals surface area contributed by atoms with E-state index in [-0.39, 0.29) is 18.0 Å². The Kier molecular flexibility index (Phi) is 36.4. The Morgan fingerprint density at radius 2 is 0.800 bits per heavy atom. The van der Waals surface area contributed by atoms with E-state index in [0.29, 0.717) is 32.7 Å². The molecular weight excluding hydrogens is 564 g/mol. The fraction of sp³-hybridized carbons (Fsp3) is 0.949. The second-order valence-corrected chi connectivity index (χ2v) is 13.1. The topological polar surface area (TPSA) is 71.1 Å². The zero-order valence-corrected chi connectivity index (χ0v) is 30.4. The first kappa shape index (κ1) is 43.9. The summed E-state index contributed by atoms with van der Waals surface area (Å²) < 4.78 is 22.8. The van der Waals surface area contributed by atoms with E-state index in [1.54, 1.807) is 0 Å². The van der Waals surface area contributed by atoms with Crippen molar-refractivity contribution in [2.24, 2.45) is 0 Å². The summed E-state index contributed by atoms with van der Waals surface area (Å²) in [6, 6.07) is 0. The second kappa shape index (κ2) is 37.3. The molecule has 0 aromatic rings. The van der Waals surface area contributed by atoms with Crippen LogP contribution in [0, 0.1) is 0 Å². The summed E-state index contributed by atoms with van der Waals surface area (Å²) >= 11 is 0. The number of carbonyl (C=O) groups is 2. The van der Waals surface area contributed by atoms with Crippen molar-refractivity contribution in [3.05, 3.63) is 0 Å². The van der Waals surface area contributed by atoms with E-state index in [4.69, 9.17) is 18.9 Å². The summed E-state index contributed by atoms with van der Waals surface area (Å²) in [5.41, 5.74) is 0. The molecule has 0 fully saturated rings. The maximum absolute atomic E-state index is 11.9. The van der Waals surface area contributed by atoms with Gasteiger partial charge in [-0.25, -0.2) is 0 Å². The molecule has 0 rings (SSSR count). The summed E-state index contributed by atoms with van der Waals surface area (Å²) in [5, 5.41) is 0. The van der Waals surface area contributed by atoms with Crippen molar-refractivity contribution in [2.45, 2.75) is 207 Å². The number of rotatable bonds is 37. The summed E-state index contributed by atoms with van der Waals surface area (Å²) in [4.78, 5) is 23.8. The van der Waals surface area contributed by atoms with Gasteiger partial charge < -0.3 is 18.9 Å². The van der Waals surface area contributed by atoms with Crippen LogP contribution in [-0.2, 0) is 28.5 Å². The van der Waals surface area contributed by atoms with Crippen molar-refractivity contribution >= 4 is 11.9 Å². The molecule has 0 saturated carbocycles. The van der Waals surface area contributed by atoms with Crippen LogP contribution in [-0.4, -0.2) is 51.1 Å². The van der Waals surface area contributed by atoms with Crippen molar-refractivity contribution < 1.29 is 28.5 Å². The van der Waals surface area contributed by atoms with Crippen LogP contribution in [0.3, 0.4) is 0 Å². The molecule has 0 saturated heterocycles. The van der Waals surface area contributed by atoms with E-state index in [1.807, 2.05) is 0 Å². The van der Waals surface area contributed by atoms with Crippen molar-refractivity contribution in [1.82, 2.24) is 0 Å². The number of unbranched alkanes of at least 4 members (excludes halogenated alkanes) is 20. The summed E-state index contributed by atoms with van der Waals surface area (Å²) in [6.07, 6.45) is 31.5. The minimum atomic E-state index is -0.0301. The molecule has 268 valence electrons. The smallest absolute Gasteiger partial charge is 0.305 e. The van der Waals surface area contributed by atoms with Crippen molar-refractivity contribution in [1.29, 1.82) is 0 Å². The molecule has 0 N–H and O–H groups in total. The van der Waals surface area contributed by atoms with Crippen molar-refractivity contribution in [3.63, 3.8) is 0 Å². The van der Waals surface area contributed by atoms with Crippen molar-refractivity contribution in [2.75, 3.05) is 33.0 Å². The highest BCUT2D eigenvalue weighted by Crippen LogP contribution is 2.12. The molecule has 0 aliphatic carbocycles. The van der Waals surface area contributed by atoms with Crippen LogP contribution in [0.4, 0.5) is 0 Å². The average molecular weight is 641 g/mol. The fourth-order valence-electron chi connectivity index (χ4n) is 5.54. The molecule has 1 atom stereocenters. The van der Waals surface area contributed by atoms with E-state index >= 15 is 0 Å². The number of ether oxygens (including phenoxy) is 4. The van der Waals surface area contributed by atoms with Crippen LogP contribution >= 0.6 is 0 Å². The molecular formula is C39H76O6. The standard InChI is InChI=1S/C39H76O6/c1-4-7-9-11-13-20-27-34-44-38(40)30-23-17-15-19-25-32-42-36-37(29-6-3)43-33-26-22-16-18-24-31-39(41)45-35-28-21-14-12-10-8-5-2/h37H,4-36H2,1-3H3. The molecule has 0 amide bonds. The zero-order chi connectivity index (χ0) is 32.9. The third kappa shape index (κ3) is 35.6. The van der Waals surface area contributed by atoms with Gasteiger partial charge in [-0.05, 0) is 44.9 Å². The number of carbonyl (C=O) groups excluding carboxylic acids is 2. The van der Waals surface area contributed by atoms with Crippen LogP contribution in [0.25, 0.3) is 0 Å². The zero-order valence-electron chi connectivity index (χ0n) is 30.4. The first-order valence-electron chi connectivity index (χ1n) is 19.6. The highest BCUT2D eigenvalue weighted by molar-refractivity contribution is 5.69. The Bertz CT molecular complexity index is 610. The molecule has 45 heavy (non-hydrogen) atoms. The van der Waals surface area contributed by atoms with Gasteiger partial charge in [0, 0.05) is 26.1 Å². The molecule has 6 nitrogen and oxygen atoms in total. The van der Waals surface area contributed by atoms with Gasteiger partial charge in [0.25, 0.3) is 0 Å². The molecule has 1 unspecified atom stereocenters. The maximum Gasteiger partial charge on any atom is 0.305 e. The minimum Gasteiger partial charge on any atom is -0.466 e. The van der Waals surface area contributed by atoms with Gasteiger partial charge in [-0.3, -0.25) is 9.59 Å². The molecule has 0 bridgehead atoms. The molecule has 0 aliphatic heterocycles. The maximum atomic E-state index is 11.9. The largest absolute Gasteiger partial charge is 0.466 e. The number of hydrogen-bond acceptors (Lipinski definition) is 6. The van der Waals surface area contributed by atoms with Crippen LogP contribution in [0.1, 0.15) is 201 Å². The van der Waals surface area contributed by atoms with Gasteiger partial charge in [0.05, 0.1) is 25.9 Å². The van der Waals surface area contributed by atoms with Gasteiger partial charge in [-0.15, -0.1) is 0 Å². The Labute approximate surface area is 279 Å². The van der Waals surface area contributed by atoms with Crippen LogP contribution in [0.15, 0.2) is 0 Å². The number of hydrogen-bond donors (Lipinski definition) is 0. The predicted molar refractivity (Wildman–Crippen MR) is 189 cm³/mol. The van der Waals surface area contributed by atoms with Crippen LogP contribution in [0.5, 0.6) is 0 Å². The highest BCUT2D eigenvalue weighted by Gasteiger charge is 2.09. The average Bonchev–Trinajstić information content (AvgIpc) is 3.03. The first-order chi connectivity index (χ1) is 22.1. The fourth-order valence-corrected chi connectivity index (χ4v) is 5.54. The molecule has 0 radical (unpaired) electrons. The normalized spacial score (nSPS) is 12.0. The Hall–Kier alpha value is -1.14. The van der Waals surface area contributed by atoms with E-state index in [9.17, 15) is 9.59 Å². The third-order valence-corrected chi connectivity index (χ3v) is 8.48. The number of esters is 2. The first-order valence-corrected chi connectivity index (χ1v) is 19.6. The Balaban J connectivity index is 3.50. The van der Waals surface area contributed by atoms with Gasteiger partial charge >= 0.3 is 11.9 Å². The minimum absolute atomic E-state index is 0.0297. The van der Waals surface area contributed by atoms with Gasteiger partial charge in [-0.1, -0.05) is 143 Å². The lowest BCUT2D eigenvalue weighted by molar-refractivity contribution is -0.144. The molecule has 0 heterocycles. The molecule has 6 heteroatoms. The quantitative estimate of drug-likeness (QED) is 0.0497. The second-order valence-electron chi connectivity index (χ2n) is 13.1. The lowest BCUT2D eigenvalue weighted by atomic mass is 10.1. The lowest BCUT2D eigenvalue weighted by Crippen LogP contribution is -2.21. The monoisotopic (exact) mass is 641 g/mol. The summed E-state index contributed by atoms with van der Waals surface area (Å²) in [7, 11) is 0. The van der Waals surface area contributed by atoms with Crippen molar-refractivity contribution in [3.8, 4) is 0 Å². The lowest BCUT2D eigenvalue weighted by Gasteiger charge is -2.17. The SMILES string of the molecule is CCCCCCCCCOC(=O)CCCCCCCOCC(CCC)OCCCCCCCC(=O)OCCCCCCCCC. The molecule has 0 spiro atoms. The molecule has 0 aromatic heterocycles. The van der Waals surface area contributed by atoms with E-state index in [0.717, 1.165) is 103 Å². The Morgan fingerprint density at radius 1 is 0.422 bits per heavy atom. The van der Waals surface area contributed by atoms with Gasteiger partial charge in [-0.2, -0.15) is 0 Å². The summed E-state index contributed by atoms with van der Waals surface area (Å²) in [6.45, 7) is 10.1. The Morgan fingerprint density at radius 3 is 1.24 bits per heavy atom. The van der Waals surface area contributed by atoms with Crippen LogP contribution < -0.4 is 0 Å². The molecule has 0 aliphatic rings. The van der Waals surface area contributed by atoms with Crippen LogP contribution in [0.2, 0.25) is 0 Å². The third-order valence-electron chi connectivity index (χ3n) is 8.48. The molecule has 0 aromatic carbocycles. The summed E-state index contributed by atoms with van der Waals surface area (Å²) in [5.74, 6) is -0.0599. The van der Waals surface area contributed by atoms with Gasteiger partial charge in [0.1, 0.15) is 0 Å². The van der Waals surface area contributed by atoms with Gasteiger partial charge in [0.15, 0.2) is 0 Å². The predicted octanol–water partition coefficient (Wildman–Crippen LogP) is 11.5.